The van der Waals surface area contributed by atoms with E-state index in [-0.39, 0.29) is 6.10 Å². The van der Waals surface area contributed by atoms with Gasteiger partial charge in [-0.05, 0) is 6.42 Å². The van der Waals surface area contributed by atoms with Gasteiger partial charge in [-0.25, -0.2) is 4.98 Å². The third kappa shape index (κ3) is 2.03. The maximum Gasteiger partial charge on any atom is 0.122 e. The summed E-state index contributed by atoms with van der Waals surface area (Å²) in [5.74, 6) is 0. The van der Waals surface area contributed by atoms with Gasteiger partial charge in [0.15, 0.2) is 0 Å². The Morgan fingerprint density at radius 3 is 2.92 bits per heavy atom. The number of methoxy groups -OCH3 is 1. The van der Waals surface area contributed by atoms with E-state index in [0.29, 0.717) is 6.54 Å². The van der Waals surface area contributed by atoms with Crippen LogP contribution in [0.15, 0.2) is 5.38 Å². The number of nitrogens with two attached hydrogens (primary N) is 1. The zero-order chi connectivity index (χ0) is 8.97. The molecule has 0 unspecified atom stereocenters. The van der Waals surface area contributed by atoms with Gasteiger partial charge in [0.05, 0.1) is 5.69 Å². The summed E-state index contributed by atoms with van der Waals surface area (Å²) in [6.45, 7) is 2.59. The molecule has 1 rings (SSSR count). The number of rotatable bonds is 4. The summed E-state index contributed by atoms with van der Waals surface area (Å²) >= 11 is 1.62. The fraction of sp³-hybridized carbons (Fsp3) is 0.625. The third-order valence-electron chi connectivity index (χ3n) is 1.71. The predicted molar refractivity (Wildman–Crippen MR) is 50.0 cm³/mol. The van der Waals surface area contributed by atoms with Crippen molar-refractivity contribution in [3.8, 4) is 0 Å². The average molecular weight is 186 g/mol. The molecule has 3 nitrogen and oxygen atoms in total. The largest absolute Gasteiger partial charge is 0.374 e. The van der Waals surface area contributed by atoms with E-state index in [0.717, 1.165) is 17.1 Å². The van der Waals surface area contributed by atoms with Crippen LogP contribution in [0, 0.1) is 0 Å². The van der Waals surface area contributed by atoms with E-state index in [9.17, 15) is 0 Å². The Balaban J connectivity index is 2.72. The molecule has 1 atom stereocenters. The number of nitrogens with zero attached hydrogens (tertiary/aromatic N) is 1. The normalized spacial score (nSPS) is 13.2. The maximum atomic E-state index is 5.45. The van der Waals surface area contributed by atoms with Crippen LogP contribution >= 0.6 is 11.3 Å². The molecule has 0 aliphatic heterocycles. The van der Waals surface area contributed by atoms with Gasteiger partial charge in [0, 0.05) is 19.0 Å². The summed E-state index contributed by atoms with van der Waals surface area (Å²) in [5.41, 5.74) is 6.40. The molecule has 1 aromatic rings. The van der Waals surface area contributed by atoms with E-state index in [2.05, 4.69) is 11.9 Å². The molecule has 0 saturated carbocycles. The van der Waals surface area contributed by atoms with Crippen molar-refractivity contribution in [2.45, 2.75) is 26.0 Å². The van der Waals surface area contributed by atoms with Crippen molar-refractivity contribution in [2.24, 2.45) is 5.73 Å². The van der Waals surface area contributed by atoms with Gasteiger partial charge < -0.3 is 10.5 Å². The van der Waals surface area contributed by atoms with Crippen LogP contribution in [0.1, 0.15) is 30.2 Å². The lowest BCUT2D eigenvalue weighted by molar-refractivity contribution is 0.0997. The first kappa shape index (κ1) is 9.64. The highest BCUT2D eigenvalue weighted by Crippen LogP contribution is 2.23. The Bertz CT molecular complexity index is 233. The summed E-state index contributed by atoms with van der Waals surface area (Å²) in [5, 5.41) is 3.01. The molecule has 2 N–H and O–H groups in total. The highest BCUT2D eigenvalue weighted by molar-refractivity contribution is 7.09. The molecular formula is C8H14N2OS. The summed E-state index contributed by atoms with van der Waals surface area (Å²) in [6, 6.07) is 0. The zero-order valence-corrected chi connectivity index (χ0v) is 8.23. The fourth-order valence-corrected chi connectivity index (χ4v) is 2.00. The van der Waals surface area contributed by atoms with Crippen LogP contribution < -0.4 is 5.73 Å². The van der Waals surface area contributed by atoms with Gasteiger partial charge in [-0.3, -0.25) is 0 Å². The fourth-order valence-electron chi connectivity index (χ4n) is 1.01. The molecule has 0 radical (unpaired) electrons. The molecule has 68 valence electrons. The highest BCUT2D eigenvalue weighted by atomic mass is 32.1. The Morgan fingerprint density at radius 1 is 1.75 bits per heavy atom. The van der Waals surface area contributed by atoms with Crippen molar-refractivity contribution >= 4 is 11.3 Å². The molecule has 0 aromatic carbocycles. The monoisotopic (exact) mass is 186 g/mol. The second-order valence-corrected chi connectivity index (χ2v) is 3.40. The van der Waals surface area contributed by atoms with E-state index in [4.69, 9.17) is 10.5 Å². The molecule has 1 aromatic heterocycles. The molecule has 1 heterocycles. The molecule has 0 bridgehead atoms. The van der Waals surface area contributed by atoms with E-state index in [1.165, 1.54) is 0 Å². The van der Waals surface area contributed by atoms with Crippen LogP contribution in [0.5, 0.6) is 0 Å². The number of hydrogen-bond acceptors (Lipinski definition) is 4. The molecule has 4 heteroatoms. The highest BCUT2D eigenvalue weighted by Gasteiger charge is 2.11. The van der Waals surface area contributed by atoms with Crippen molar-refractivity contribution in [2.75, 3.05) is 7.11 Å². The molecule has 12 heavy (non-hydrogen) atoms. The molecule has 0 saturated heterocycles. The second kappa shape index (κ2) is 4.54. The number of ether oxygens (including phenoxy) is 1. The maximum absolute atomic E-state index is 5.45. The number of hydrogen-bond donors (Lipinski definition) is 1. The lowest BCUT2D eigenvalue weighted by Crippen LogP contribution is -2.01. The quantitative estimate of drug-likeness (QED) is 0.778. The molecule has 0 spiro atoms. The molecule has 0 amide bonds. The van der Waals surface area contributed by atoms with Crippen LogP contribution in [0.2, 0.25) is 0 Å². The minimum absolute atomic E-state index is 0.135. The van der Waals surface area contributed by atoms with Gasteiger partial charge in [-0.15, -0.1) is 11.3 Å². The Labute approximate surface area is 76.6 Å². The van der Waals surface area contributed by atoms with E-state index in [1.807, 2.05) is 5.38 Å². The van der Waals surface area contributed by atoms with Crippen LogP contribution in [0.4, 0.5) is 0 Å². The second-order valence-electron chi connectivity index (χ2n) is 2.51. The molecule has 0 aliphatic carbocycles. The Morgan fingerprint density at radius 2 is 2.50 bits per heavy atom. The lowest BCUT2D eigenvalue weighted by atomic mass is 10.3. The van der Waals surface area contributed by atoms with Crippen molar-refractivity contribution in [1.82, 2.24) is 4.98 Å². The zero-order valence-electron chi connectivity index (χ0n) is 7.41. The van der Waals surface area contributed by atoms with Crippen LogP contribution in [0.25, 0.3) is 0 Å². The summed E-state index contributed by atoms with van der Waals surface area (Å²) < 4.78 is 5.25. The standard InChI is InChI=1S/C8H14N2OS/c1-3-7(11-2)8-10-6(4-9)5-12-8/h5,7H,3-4,9H2,1-2H3/t7-/m0/s1. The molecule has 0 fully saturated rings. The van der Waals surface area contributed by atoms with Crippen molar-refractivity contribution in [1.29, 1.82) is 0 Å². The van der Waals surface area contributed by atoms with Crippen molar-refractivity contribution in [3.63, 3.8) is 0 Å². The Hall–Kier alpha value is -0.450. The summed E-state index contributed by atoms with van der Waals surface area (Å²) in [7, 11) is 1.71. The van der Waals surface area contributed by atoms with Crippen LogP contribution in [-0.4, -0.2) is 12.1 Å². The SMILES string of the molecule is CC[C@H](OC)c1nc(CN)cs1. The van der Waals surface area contributed by atoms with E-state index < -0.39 is 0 Å². The van der Waals surface area contributed by atoms with Gasteiger partial charge in [-0.2, -0.15) is 0 Å². The first-order valence-electron chi connectivity index (χ1n) is 3.99. The van der Waals surface area contributed by atoms with Gasteiger partial charge in [-0.1, -0.05) is 6.92 Å². The van der Waals surface area contributed by atoms with Crippen LogP contribution in [0.3, 0.4) is 0 Å². The van der Waals surface area contributed by atoms with Crippen LogP contribution in [-0.2, 0) is 11.3 Å². The summed E-state index contributed by atoms with van der Waals surface area (Å²) in [6.07, 6.45) is 1.09. The van der Waals surface area contributed by atoms with E-state index >= 15 is 0 Å². The lowest BCUT2D eigenvalue weighted by Gasteiger charge is -2.08. The minimum atomic E-state index is 0.135. The third-order valence-corrected chi connectivity index (χ3v) is 2.69. The minimum Gasteiger partial charge on any atom is -0.374 e. The average Bonchev–Trinajstić information content (AvgIpc) is 2.55. The first-order valence-corrected chi connectivity index (χ1v) is 4.87. The van der Waals surface area contributed by atoms with Gasteiger partial charge in [0.1, 0.15) is 11.1 Å². The molecular weight excluding hydrogens is 172 g/mol. The van der Waals surface area contributed by atoms with Gasteiger partial charge in [0.2, 0.25) is 0 Å². The topological polar surface area (TPSA) is 48.1 Å². The van der Waals surface area contributed by atoms with Gasteiger partial charge >= 0.3 is 0 Å². The smallest absolute Gasteiger partial charge is 0.122 e. The predicted octanol–water partition coefficient (Wildman–Crippen LogP) is 1.70. The molecule has 0 aliphatic rings. The number of aromatic nitrogens is 1. The first-order chi connectivity index (χ1) is 5.81. The summed E-state index contributed by atoms with van der Waals surface area (Å²) in [4.78, 5) is 4.34. The van der Waals surface area contributed by atoms with Crippen molar-refractivity contribution < 1.29 is 4.74 Å². The van der Waals surface area contributed by atoms with Gasteiger partial charge in [0.25, 0.3) is 0 Å². The van der Waals surface area contributed by atoms with Crippen molar-refractivity contribution in [3.05, 3.63) is 16.1 Å². The van der Waals surface area contributed by atoms with E-state index in [1.54, 1.807) is 18.4 Å². The Kier molecular flexibility index (Phi) is 3.65. The number of thiazole rings is 1.